The third kappa shape index (κ3) is 3.28. The average Bonchev–Trinajstić information content (AvgIpc) is 2.76. The second kappa shape index (κ2) is 5.96. The van der Waals surface area contributed by atoms with Gasteiger partial charge in [0, 0.05) is 19.3 Å². The Bertz CT molecular complexity index is 303. The molecule has 0 saturated carbocycles. The minimum absolute atomic E-state index is 0.797. The van der Waals surface area contributed by atoms with Gasteiger partial charge in [-0.15, -0.1) is 5.10 Å². The van der Waals surface area contributed by atoms with Gasteiger partial charge in [0.1, 0.15) is 0 Å². The Labute approximate surface area is 96.6 Å². The van der Waals surface area contributed by atoms with Crippen molar-refractivity contribution in [1.29, 1.82) is 0 Å². The summed E-state index contributed by atoms with van der Waals surface area (Å²) in [5.74, 6) is 0.811. The molecular formula is C11H21N5. The average molecular weight is 223 g/mol. The maximum atomic E-state index is 4.13. The standard InChI is InChI=1S/C11H21N5/c1-12-8-11-9-16(15-14-11)6-4-10-3-2-5-13-7-10/h9-10,12-13H,2-8H2,1H3. The number of aryl methyl sites for hydroxylation is 1. The fraction of sp³-hybridized carbons (Fsp3) is 0.818. The quantitative estimate of drug-likeness (QED) is 0.758. The molecule has 1 aliphatic heterocycles. The van der Waals surface area contributed by atoms with E-state index in [1.165, 1.54) is 25.8 Å². The Morgan fingerprint density at radius 3 is 3.31 bits per heavy atom. The molecule has 5 nitrogen and oxygen atoms in total. The first-order valence-electron chi connectivity index (χ1n) is 6.13. The van der Waals surface area contributed by atoms with Gasteiger partial charge in [0.15, 0.2) is 0 Å². The van der Waals surface area contributed by atoms with E-state index in [9.17, 15) is 0 Å². The maximum absolute atomic E-state index is 4.13. The van der Waals surface area contributed by atoms with Crippen molar-refractivity contribution in [2.45, 2.75) is 32.4 Å². The van der Waals surface area contributed by atoms with Gasteiger partial charge in [0.25, 0.3) is 0 Å². The smallest absolute Gasteiger partial charge is 0.0964 e. The summed E-state index contributed by atoms with van der Waals surface area (Å²) in [5.41, 5.74) is 1.02. The molecule has 0 amide bonds. The van der Waals surface area contributed by atoms with E-state index in [1.807, 2.05) is 17.9 Å². The lowest BCUT2D eigenvalue weighted by molar-refractivity contribution is 0.334. The number of aromatic nitrogens is 3. The molecule has 0 aromatic carbocycles. The zero-order valence-electron chi connectivity index (χ0n) is 9.95. The highest BCUT2D eigenvalue weighted by atomic mass is 15.4. The summed E-state index contributed by atoms with van der Waals surface area (Å²) in [6.07, 6.45) is 5.90. The number of nitrogens with zero attached hydrogens (tertiary/aromatic N) is 3. The molecule has 1 saturated heterocycles. The minimum atomic E-state index is 0.797. The molecular weight excluding hydrogens is 202 g/mol. The van der Waals surface area contributed by atoms with Gasteiger partial charge in [-0.3, -0.25) is 4.68 Å². The van der Waals surface area contributed by atoms with E-state index in [0.717, 1.165) is 31.2 Å². The largest absolute Gasteiger partial charge is 0.316 e. The SMILES string of the molecule is CNCc1cn(CCC2CCCNC2)nn1. The van der Waals surface area contributed by atoms with Crippen molar-refractivity contribution in [2.75, 3.05) is 20.1 Å². The Morgan fingerprint density at radius 1 is 1.62 bits per heavy atom. The molecule has 0 radical (unpaired) electrons. The van der Waals surface area contributed by atoms with E-state index in [4.69, 9.17) is 0 Å². The first-order valence-corrected chi connectivity index (χ1v) is 6.13. The number of rotatable bonds is 5. The van der Waals surface area contributed by atoms with Crippen LogP contribution in [0.1, 0.15) is 25.0 Å². The third-order valence-corrected chi connectivity index (χ3v) is 3.11. The van der Waals surface area contributed by atoms with Crippen LogP contribution in [0.15, 0.2) is 6.20 Å². The second-order valence-electron chi connectivity index (χ2n) is 4.50. The summed E-state index contributed by atoms with van der Waals surface area (Å²) in [6, 6.07) is 0. The molecule has 2 rings (SSSR count). The van der Waals surface area contributed by atoms with E-state index < -0.39 is 0 Å². The Hall–Kier alpha value is -0.940. The molecule has 0 bridgehead atoms. The summed E-state index contributed by atoms with van der Waals surface area (Å²) in [4.78, 5) is 0. The third-order valence-electron chi connectivity index (χ3n) is 3.11. The van der Waals surface area contributed by atoms with Gasteiger partial charge in [-0.05, 0) is 45.3 Å². The van der Waals surface area contributed by atoms with Crippen molar-refractivity contribution in [2.24, 2.45) is 5.92 Å². The molecule has 1 aromatic heterocycles. The van der Waals surface area contributed by atoms with Gasteiger partial charge in [-0.1, -0.05) is 5.21 Å². The highest BCUT2D eigenvalue weighted by Crippen LogP contribution is 2.14. The molecule has 2 N–H and O–H groups in total. The summed E-state index contributed by atoms with van der Waals surface area (Å²) in [6.45, 7) is 4.14. The van der Waals surface area contributed by atoms with Gasteiger partial charge in [-0.2, -0.15) is 0 Å². The summed E-state index contributed by atoms with van der Waals surface area (Å²) < 4.78 is 1.96. The van der Waals surface area contributed by atoms with Gasteiger partial charge in [0.2, 0.25) is 0 Å². The molecule has 1 unspecified atom stereocenters. The van der Waals surface area contributed by atoms with Crippen LogP contribution in [0.2, 0.25) is 0 Å². The van der Waals surface area contributed by atoms with Crippen LogP contribution in [0.5, 0.6) is 0 Å². The number of nitrogens with one attached hydrogen (secondary N) is 2. The predicted molar refractivity (Wildman–Crippen MR) is 63.0 cm³/mol. The highest BCUT2D eigenvalue weighted by Gasteiger charge is 2.12. The second-order valence-corrected chi connectivity index (χ2v) is 4.50. The number of piperidine rings is 1. The van der Waals surface area contributed by atoms with E-state index in [1.54, 1.807) is 0 Å². The lowest BCUT2D eigenvalue weighted by Gasteiger charge is -2.22. The van der Waals surface area contributed by atoms with E-state index in [-0.39, 0.29) is 0 Å². The molecule has 16 heavy (non-hydrogen) atoms. The van der Waals surface area contributed by atoms with Gasteiger partial charge < -0.3 is 10.6 Å². The lowest BCUT2D eigenvalue weighted by Crippen LogP contribution is -2.30. The van der Waals surface area contributed by atoms with Crippen LogP contribution in [-0.2, 0) is 13.1 Å². The normalized spacial score (nSPS) is 21.2. The van der Waals surface area contributed by atoms with E-state index >= 15 is 0 Å². The van der Waals surface area contributed by atoms with Crippen molar-refractivity contribution in [3.8, 4) is 0 Å². The topological polar surface area (TPSA) is 54.8 Å². The van der Waals surface area contributed by atoms with Crippen LogP contribution >= 0.6 is 0 Å². The number of hydrogen-bond donors (Lipinski definition) is 2. The molecule has 1 atom stereocenters. The zero-order valence-corrected chi connectivity index (χ0v) is 9.95. The first-order chi connectivity index (χ1) is 7.88. The minimum Gasteiger partial charge on any atom is -0.316 e. The molecule has 90 valence electrons. The van der Waals surface area contributed by atoms with Crippen molar-refractivity contribution in [3.05, 3.63) is 11.9 Å². The molecule has 0 spiro atoms. The molecule has 2 heterocycles. The summed E-state index contributed by atoms with van der Waals surface area (Å²) in [5, 5.41) is 14.7. The molecule has 0 aliphatic carbocycles. The lowest BCUT2D eigenvalue weighted by atomic mass is 9.96. The maximum Gasteiger partial charge on any atom is 0.0964 e. The Kier molecular flexibility index (Phi) is 4.30. The molecule has 5 heteroatoms. The zero-order chi connectivity index (χ0) is 11.2. The van der Waals surface area contributed by atoms with E-state index in [2.05, 4.69) is 20.9 Å². The van der Waals surface area contributed by atoms with Crippen LogP contribution in [-0.4, -0.2) is 35.1 Å². The van der Waals surface area contributed by atoms with Crippen LogP contribution in [0.3, 0.4) is 0 Å². The van der Waals surface area contributed by atoms with Crippen molar-refractivity contribution < 1.29 is 0 Å². The number of hydrogen-bond acceptors (Lipinski definition) is 4. The Balaban J connectivity index is 1.75. The van der Waals surface area contributed by atoms with Gasteiger partial charge in [-0.25, -0.2) is 0 Å². The predicted octanol–water partition coefficient (Wildman–Crippen LogP) is 0.387. The fourth-order valence-corrected chi connectivity index (χ4v) is 2.20. The van der Waals surface area contributed by atoms with Crippen LogP contribution in [0, 0.1) is 5.92 Å². The van der Waals surface area contributed by atoms with Gasteiger partial charge >= 0.3 is 0 Å². The van der Waals surface area contributed by atoms with Gasteiger partial charge in [0.05, 0.1) is 5.69 Å². The van der Waals surface area contributed by atoms with Crippen LogP contribution in [0.25, 0.3) is 0 Å². The van der Waals surface area contributed by atoms with E-state index in [0.29, 0.717) is 0 Å². The van der Waals surface area contributed by atoms with Crippen molar-refractivity contribution in [1.82, 2.24) is 25.6 Å². The van der Waals surface area contributed by atoms with Crippen molar-refractivity contribution >= 4 is 0 Å². The monoisotopic (exact) mass is 223 g/mol. The Morgan fingerprint density at radius 2 is 2.56 bits per heavy atom. The first kappa shape index (κ1) is 11.5. The fourth-order valence-electron chi connectivity index (χ4n) is 2.20. The summed E-state index contributed by atoms with van der Waals surface area (Å²) in [7, 11) is 1.92. The molecule has 1 aromatic rings. The highest BCUT2D eigenvalue weighted by molar-refractivity contribution is 4.91. The van der Waals surface area contributed by atoms with Crippen LogP contribution < -0.4 is 10.6 Å². The van der Waals surface area contributed by atoms with Crippen LogP contribution in [0.4, 0.5) is 0 Å². The van der Waals surface area contributed by atoms with Crippen molar-refractivity contribution in [3.63, 3.8) is 0 Å². The molecule has 1 fully saturated rings. The molecule has 1 aliphatic rings. The summed E-state index contributed by atoms with van der Waals surface area (Å²) >= 11 is 0.